The highest BCUT2D eigenvalue weighted by molar-refractivity contribution is 5.15. The highest BCUT2D eigenvalue weighted by Gasteiger charge is 2.32. The molecule has 58 valence electrons. The third-order valence-corrected chi connectivity index (χ3v) is 2.75. The van der Waals surface area contributed by atoms with Crippen molar-refractivity contribution in [2.24, 2.45) is 0 Å². The minimum Gasteiger partial charge on any atom is -0.311 e. The van der Waals surface area contributed by atoms with Gasteiger partial charge in [0.1, 0.15) is 0 Å². The van der Waals surface area contributed by atoms with Gasteiger partial charge in [-0.25, -0.2) is 0 Å². The second-order valence-corrected chi connectivity index (χ2v) is 3.32. The Morgan fingerprint density at radius 3 is 2.10 bits per heavy atom. The van der Waals surface area contributed by atoms with Gasteiger partial charge >= 0.3 is 0 Å². The van der Waals surface area contributed by atoms with Crippen LogP contribution in [0, 0.1) is 0 Å². The quantitative estimate of drug-likeness (QED) is 0.578. The van der Waals surface area contributed by atoms with E-state index in [0.29, 0.717) is 5.54 Å². The third-order valence-electron chi connectivity index (χ3n) is 2.75. The predicted octanol–water partition coefficient (Wildman–Crippen LogP) is 2.09. The molecule has 0 aromatic heterocycles. The molecule has 0 bridgehead atoms. The molecule has 0 heterocycles. The summed E-state index contributed by atoms with van der Waals surface area (Å²) in [6.45, 7) is 6.14. The van der Waals surface area contributed by atoms with Crippen LogP contribution in [0.1, 0.15) is 32.6 Å². The molecule has 1 nitrogen and oxygen atoms in total. The van der Waals surface area contributed by atoms with Gasteiger partial charge in [-0.15, -0.1) is 0 Å². The van der Waals surface area contributed by atoms with E-state index in [1.807, 2.05) is 7.05 Å². The molecule has 1 heteroatoms. The van der Waals surface area contributed by atoms with E-state index in [4.69, 9.17) is 0 Å². The van der Waals surface area contributed by atoms with Crippen LogP contribution in [0.2, 0.25) is 0 Å². The molecule has 0 aromatic carbocycles. The van der Waals surface area contributed by atoms with Crippen LogP contribution in [0.25, 0.3) is 0 Å². The average molecular weight is 139 g/mol. The van der Waals surface area contributed by atoms with Crippen LogP contribution >= 0.6 is 0 Å². The van der Waals surface area contributed by atoms with Crippen molar-refractivity contribution in [3.05, 3.63) is 12.2 Å². The lowest BCUT2D eigenvalue weighted by atomic mass is 9.90. The first kappa shape index (κ1) is 7.80. The Morgan fingerprint density at radius 2 is 1.90 bits per heavy atom. The second kappa shape index (κ2) is 2.75. The molecule has 1 fully saturated rings. The van der Waals surface area contributed by atoms with Gasteiger partial charge in [0, 0.05) is 5.54 Å². The van der Waals surface area contributed by atoms with Gasteiger partial charge in [-0.05, 0) is 26.8 Å². The maximum absolute atomic E-state index is 4.02. The van der Waals surface area contributed by atoms with Gasteiger partial charge in [-0.3, -0.25) is 0 Å². The topological polar surface area (TPSA) is 12.0 Å². The van der Waals surface area contributed by atoms with Gasteiger partial charge in [-0.1, -0.05) is 25.0 Å². The first-order chi connectivity index (χ1) is 4.71. The summed E-state index contributed by atoms with van der Waals surface area (Å²) in [6, 6.07) is 0. The van der Waals surface area contributed by atoms with Crippen molar-refractivity contribution in [2.45, 2.75) is 38.1 Å². The van der Waals surface area contributed by atoms with Gasteiger partial charge in [0.25, 0.3) is 0 Å². The smallest absolute Gasteiger partial charge is 0.0386 e. The number of nitrogens with one attached hydrogen (secondary N) is 1. The molecule has 10 heavy (non-hydrogen) atoms. The summed E-state index contributed by atoms with van der Waals surface area (Å²) < 4.78 is 0. The van der Waals surface area contributed by atoms with Crippen molar-refractivity contribution >= 4 is 0 Å². The Bertz CT molecular complexity index is 132. The Labute approximate surface area is 63.5 Å². The van der Waals surface area contributed by atoms with Crippen molar-refractivity contribution in [3.63, 3.8) is 0 Å². The van der Waals surface area contributed by atoms with Gasteiger partial charge < -0.3 is 5.32 Å². The molecule has 0 unspecified atom stereocenters. The van der Waals surface area contributed by atoms with E-state index in [9.17, 15) is 0 Å². The first-order valence-electron chi connectivity index (χ1n) is 4.06. The summed E-state index contributed by atoms with van der Waals surface area (Å²) in [5.74, 6) is 0. The van der Waals surface area contributed by atoms with Crippen molar-refractivity contribution in [1.29, 1.82) is 0 Å². The number of hydrogen-bond donors (Lipinski definition) is 1. The fourth-order valence-electron chi connectivity index (χ4n) is 1.87. The highest BCUT2D eigenvalue weighted by Crippen LogP contribution is 2.34. The number of rotatable bonds is 2. The zero-order chi connectivity index (χ0) is 7.61. The van der Waals surface area contributed by atoms with E-state index < -0.39 is 0 Å². The first-order valence-corrected chi connectivity index (χ1v) is 4.06. The fraction of sp³-hybridized carbons (Fsp3) is 0.778. The Balaban J connectivity index is 2.67. The van der Waals surface area contributed by atoms with E-state index in [2.05, 4.69) is 18.8 Å². The predicted molar refractivity (Wildman–Crippen MR) is 45.1 cm³/mol. The van der Waals surface area contributed by atoms with Crippen LogP contribution in [-0.2, 0) is 0 Å². The molecule has 1 aliphatic rings. The molecule has 1 N–H and O–H groups in total. The lowest BCUT2D eigenvalue weighted by Crippen LogP contribution is -2.40. The van der Waals surface area contributed by atoms with Crippen molar-refractivity contribution < 1.29 is 0 Å². The summed E-state index contributed by atoms with van der Waals surface area (Å²) in [5, 5.41) is 3.38. The molecule has 1 rings (SSSR count). The largest absolute Gasteiger partial charge is 0.311 e. The minimum atomic E-state index is 0.292. The van der Waals surface area contributed by atoms with Gasteiger partial charge in [0.15, 0.2) is 0 Å². The molecule has 1 aliphatic carbocycles. The minimum absolute atomic E-state index is 0.292. The van der Waals surface area contributed by atoms with Gasteiger partial charge in [0.05, 0.1) is 0 Å². The van der Waals surface area contributed by atoms with Crippen LogP contribution in [0.15, 0.2) is 12.2 Å². The molecule has 1 saturated carbocycles. The molecular formula is C9H17N. The summed E-state index contributed by atoms with van der Waals surface area (Å²) in [4.78, 5) is 0. The maximum Gasteiger partial charge on any atom is 0.0386 e. The fourth-order valence-corrected chi connectivity index (χ4v) is 1.87. The summed E-state index contributed by atoms with van der Waals surface area (Å²) in [5.41, 5.74) is 1.59. The van der Waals surface area contributed by atoms with E-state index in [1.54, 1.807) is 0 Å². The summed E-state index contributed by atoms with van der Waals surface area (Å²) in [7, 11) is 2.04. The lowest BCUT2D eigenvalue weighted by molar-refractivity contribution is 0.425. The monoisotopic (exact) mass is 139 g/mol. The van der Waals surface area contributed by atoms with E-state index in [0.717, 1.165) is 0 Å². The van der Waals surface area contributed by atoms with E-state index in [1.165, 1.54) is 31.3 Å². The lowest BCUT2D eigenvalue weighted by Gasteiger charge is -2.28. The Hall–Kier alpha value is -0.300. The molecule has 0 aliphatic heterocycles. The highest BCUT2D eigenvalue weighted by atomic mass is 14.9. The third kappa shape index (κ3) is 1.10. The standard InChI is InChI=1S/C9H17N/c1-8(2)9(10-3)6-4-5-7-9/h10H,1,4-7H2,2-3H3. The molecule has 0 aromatic rings. The Morgan fingerprint density at radius 1 is 1.40 bits per heavy atom. The summed E-state index contributed by atoms with van der Waals surface area (Å²) in [6.07, 6.45) is 5.26. The molecule has 0 atom stereocenters. The SMILES string of the molecule is C=C(C)C1(NC)CCCC1. The Kier molecular flexibility index (Phi) is 2.14. The van der Waals surface area contributed by atoms with E-state index >= 15 is 0 Å². The van der Waals surface area contributed by atoms with Crippen molar-refractivity contribution in [1.82, 2.24) is 5.32 Å². The zero-order valence-electron chi connectivity index (χ0n) is 7.04. The van der Waals surface area contributed by atoms with Gasteiger partial charge in [0.2, 0.25) is 0 Å². The molecule has 0 spiro atoms. The van der Waals surface area contributed by atoms with Crippen molar-refractivity contribution in [3.8, 4) is 0 Å². The second-order valence-electron chi connectivity index (χ2n) is 3.32. The summed E-state index contributed by atoms with van der Waals surface area (Å²) >= 11 is 0. The van der Waals surface area contributed by atoms with Gasteiger partial charge in [-0.2, -0.15) is 0 Å². The molecule has 0 saturated heterocycles. The zero-order valence-corrected chi connectivity index (χ0v) is 7.04. The van der Waals surface area contributed by atoms with Crippen LogP contribution in [-0.4, -0.2) is 12.6 Å². The normalized spacial score (nSPS) is 23.0. The van der Waals surface area contributed by atoms with Crippen LogP contribution < -0.4 is 5.32 Å². The van der Waals surface area contributed by atoms with Crippen LogP contribution in [0.3, 0.4) is 0 Å². The van der Waals surface area contributed by atoms with Crippen LogP contribution in [0.4, 0.5) is 0 Å². The molecule has 0 amide bonds. The number of likely N-dealkylation sites (N-methyl/N-ethyl adjacent to an activating group) is 1. The van der Waals surface area contributed by atoms with Crippen molar-refractivity contribution in [2.75, 3.05) is 7.05 Å². The molecular weight excluding hydrogens is 122 g/mol. The van der Waals surface area contributed by atoms with E-state index in [-0.39, 0.29) is 0 Å². The maximum atomic E-state index is 4.02. The average Bonchev–Trinajstić information content (AvgIpc) is 2.35. The van der Waals surface area contributed by atoms with Crippen LogP contribution in [0.5, 0.6) is 0 Å². The molecule has 0 radical (unpaired) electrons. The number of hydrogen-bond acceptors (Lipinski definition) is 1.